The third-order valence-electron chi connectivity index (χ3n) is 3.28. The van der Waals surface area contributed by atoms with Crippen molar-refractivity contribution in [2.24, 2.45) is 11.8 Å². The highest BCUT2D eigenvalue weighted by atomic mass is 16.5. The SMILES string of the molecule is COC(=O)CCN1CCC(C)C(C)C1. The topological polar surface area (TPSA) is 29.5 Å². The lowest BCUT2D eigenvalue weighted by molar-refractivity contribution is -0.141. The Morgan fingerprint density at radius 2 is 2.14 bits per heavy atom. The van der Waals surface area contributed by atoms with E-state index in [0.29, 0.717) is 6.42 Å². The molecule has 0 radical (unpaired) electrons. The van der Waals surface area contributed by atoms with Crippen LogP contribution in [0.5, 0.6) is 0 Å². The molecule has 3 nitrogen and oxygen atoms in total. The molecule has 0 aromatic carbocycles. The van der Waals surface area contributed by atoms with Gasteiger partial charge in [0.25, 0.3) is 0 Å². The van der Waals surface area contributed by atoms with Crippen molar-refractivity contribution in [2.45, 2.75) is 26.7 Å². The summed E-state index contributed by atoms with van der Waals surface area (Å²) in [4.78, 5) is 13.3. The minimum absolute atomic E-state index is 0.101. The van der Waals surface area contributed by atoms with Gasteiger partial charge in [0.15, 0.2) is 0 Å². The van der Waals surface area contributed by atoms with E-state index < -0.39 is 0 Å². The first-order valence-corrected chi connectivity index (χ1v) is 5.42. The van der Waals surface area contributed by atoms with E-state index in [1.165, 1.54) is 13.5 Å². The molecule has 0 aromatic rings. The third kappa shape index (κ3) is 3.29. The summed E-state index contributed by atoms with van der Waals surface area (Å²) in [5.41, 5.74) is 0. The Morgan fingerprint density at radius 1 is 1.43 bits per heavy atom. The molecule has 0 bridgehead atoms. The molecule has 1 rings (SSSR count). The highest BCUT2D eigenvalue weighted by Crippen LogP contribution is 2.22. The number of hydrogen-bond acceptors (Lipinski definition) is 3. The minimum Gasteiger partial charge on any atom is -0.469 e. The smallest absolute Gasteiger partial charge is 0.306 e. The Kier molecular flexibility index (Phi) is 4.39. The first kappa shape index (κ1) is 11.5. The van der Waals surface area contributed by atoms with Gasteiger partial charge in [-0.25, -0.2) is 0 Å². The van der Waals surface area contributed by atoms with E-state index in [9.17, 15) is 4.79 Å². The highest BCUT2D eigenvalue weighted by Gasteiger charge is 2.22. The summed E-state index contributed by atoms with van der Waals surface area (Å²) >= 11 is 0. The van der Waals surface area contributed by atoms with E-state index in [2.05, 4.69) is 23.5 Å². The van der Waals surface area contributed by atoms with Gasteiger partial charge >= 0.3 is 5.97 Å². The number of esters is 1. The zero-order chi connectivity index (χ0) is 10.6. The van der Waals surface area contributed by atoms with Crippen LogP contribution in [0.15, 0.2) is 0 Å². The van der Waals surface area contributed by atoms with Crippen LogP contribution in [0.3, 0.4) is 0 Å². The number of likely N-dealkylation sites (tertiary alicyclic amines) is 1. The first-order chi connectivity index (χ1) is 6.63. The molecule has 1 aliphatic rings. The molecule has 0 aliphatic carbocycles. The average molecular weight is 199 g/mol. The molecule has 82 valence electrons. The van der Waals surface area contributed by atoms with Crippen LogP contribution in [0.25, 0.3) is 0 Å². The van der Waals surface area contributed by atoms with Crippen molar-refractivity contribution in [1.82, 2.24) is 4.90 Å². The van der Waals surface area contributed by atoms with Crippen molar-refractivity contribution in [1.29, 1.82) is 0 Å². The van der Waals surface area contributed by atoms with Crippen LogP contribution < -0.4 is 0 Å². The molecule has 0 saturated carbocycles. The summed E-state index contributed by atoms with van der Waals surface area (Å²) in [6, 6.07) is 0. The molecule has 3 heteroatoms. The van der Waals surface area contributed by atoms with Crippen LogP contribution in [0.1, 0.15) is 26.7 Å². The fraction of sp³-hybridized carbons (Fsp3) is 0.909. The van der Waals surface area contributed by atoms with Crippen molar-refractivity contribution in [3.63, 3.8) is 0 Å². The second-order valence-corrected chi connectivity index (χ2v) is 4.37. The summed E-state index contributed by atoms with van der Waals surface area (Å²) in [6.07, 6.45) is 1.78. The summed E-state index contributed by atoms with van der Waals surface area (Å²) in [6.45, 7) is 7.70. The molecule has 1 fully saturated rings. The maximum absolute atomic E-state index is 11.0. The van der Waals surface area contributed by atoms with Gasteiger partial charge in [-0.2, -0.15) is 0 Å². The van der Waals surface area contributed by atoms with Gasteiger partial charge in [0.1, 0.15) is 0 Å². The second kappa shape index (κ2) is 5.35. The van der Waals surface area contributed by atoms with E-state index in [0.717, 1.165) is 31.5 Å². The van der Waals surface area contributed by atoms with Crippen molar-refractivity contribution in [2.75, 3.05) is 26.7 Å². The third-order valence-corrected chi connectivity index (χ3v) is 3.28. The molecule has 0 spiro atoms. The van der Waals surface area contributed by atoms with Crippen LogP contribution in [0, 0.1) is 11.8 Å². The van der Waals surface area contributed by atoms with Crippen LogP contribution in [-0.4, -0.2) is 37.6 Å². The van der Waals surface area contributed by atoms with Gasteiger partial charge in [-0.1, -0.05) is 13.8 Å². The van der Waals surface area contributed by atoms with E-state index in [1.54, 1.807) is 0 Å². The van der Waals surface area contributed by atoms with E-state index in [1.807, 2.05) is 0 Å². The van der Waals surface area contributed by atoms with E-state index in [4.69, 9.17) is 0 Å². The van der Waals surface area contributed by atoms with Gasteiger partial charge < -0.3 is 9.64 Å². The van der Waals surface area contributed by atoms with E-state index in [-0.39, 0.29) is 5.97 Å². The summed E-state index contributed by atoms with van der Waals surface area (Å²) in [5, 5.41) is 0. The molecule has 1 aliphatic heterocycles. The van der Waals surface area contributed by atoms with Crippen LogP contribution in [0.4, 0.5) is 0 Å². The number of ether oxygens (including phenoxy) is 1. The lowest BCUT2D eigenvalue weighted by Crippen LogP contribution is -2.39. The zero-order valence-corrected chi connectivity index (χ0v) is 9.45. The fourth-order valence-electron chi connectivity index (χ4n) is 1.90. The first-order valence-electron chi connectivity index (χ1n) is 5.42. The lowest BCUT2D eigenvalue weighted by atomic mass is 9.89. The number of rotatable bonds is 3. The van der Waals surface area contributed by atoms with Crippen LogP contribution in [0.2, 0.25) is 0 Å². The van der Waals surface area contributed by atoms with Crippen LogP contribution in [-0.2, 0) is 9.53 Å². The molecule has 2 atom stereocenters. The molecule has 0 aromatic heterocycles. The summed E-state index contributed by atoms with van der Waals surface area (Å²) in [5.74, 6) is 1.47. The fourth-order valence-corrected chi connectivity index (χ4v) is 1.90. The number of carbonyl (C=O) groups excluding carboxylic acids is 1. The normalized spacial score (nSPS) is 28.8. The monoisotopic (exact) mass is 199 g/mol. The summed E-state index contributed by atoms with van der Waals surface area (Å²) < 4.78 is 4.62. The van der Waals surface area contributed by atoms with Gasteiger partial charge in [-0.3, -0.25) is 4.79 Å². The molecular formula is C11H21NO2. The molecular weight excluding hydrogens is 178 g/mol. The van der Waals surface area contributed by atoms with Crippen LogP contribution >= 0.6 is 0 Å². The summed E-state index contributed by atoms with van der Waals surface area (Å²) in [7, 11) is 1.45. The highest BCUT2D eigenvalue weighted by molar-refractivity contribution is 5.69. The largest absolute Gasteiger partial charge is 0.469 e. The number of carbonyl (C=O) groups is 1. The predicted molar refractivity (Wildman–Crippen MR) is 56.0 cm³/mol. The average Bonchev–Trinajstić information content (AvgIpc) is 2.19. The Balaban J connectivity index is 2.23. The quantitative estimate of drug-likeness (QED) is 0.646. The van der Waals surface area contributed by atoms with Crippen molar-refractivity contribution < 1.29 is 9.53 Å². The number of methoxy groups -OCH3 is 1. The number of hydrogen-bond donors (Lipinski definition) is 0. The molecule has 2 unspecified atom stereocenters. The number of piperidine rings is 1. The van der Waals surface area contributed by atoms with Gasteiger partial charge in [-0.05, 0) is 24.8 Å². The molecule has 1 heterocycles. The second-order valence-electron chi connectivity index (χ2n) is 4.37. The standard InChI is InChI=1S/C11H21NO2/c1-9-4-6-12(8-10(9)2)7-5-11(13)14-3/h9-10H,4-8H2,1-3H3. The van der Waals surface area contributed by atoms with Gasteiger partial charge in [0.05, 0.1) is 13.5 Å². The van der Waals surface area contributed by atoms with Gasteiger partial charge in [0.2, 0.25) is 0 Å². The van der Waals surface area contributed by atoms with Crippen molar-refractivity contribution >= 4 is 5.97 Å². The Bertz CT molecular complexity index is 194. The Hall–Kier alpha value is -0.570. The van der Waals surface area contributed by atoms with Gasteiger partial charge in [-0.15, -0.1) is 0 Å². The predicted octanol–water partition coefficient (Wildman–Crippen LogP) is 1.53. The zero-order valence-electron chi connectivity index (χ0n) is 9.45. The maximum atomic E-state index is 11.0. The van der Waals surface area contributed by atoms with Gasteiger partial charge in [0, 0.05) is 13.1 Å². The molecule has 0 N–H and O–H groups in total. The lowest BCUT2D eigenvalue weighted by Gasteiger charge is -2.34. The maximum Gasteiger partial charge on any atom is 0.306 e. The minimum atomic E-state index is -0.101. The van der Waals surface area contributed by atoms with E-state index >= 15 is 0 Å². The Morgan fingerprint density at radius 3 is 2.71 bits per heavy atom. The number of nitrogens with zero attached hydrogens (tertiary/aromatic N) is 1. The molecule has 1 saturated heterocycles. The van der Waals surface area contributed by atoms with Crippen molar-refractivity contribution in [3.8, 4) is 0 Å². The Labute approximate surface area is 86.4 Å². The molecule has 0 amide bonds. The molecule has 14 heavy (non-hydrogen) atoms. The van der Waals surface area contributed by atoms with Crippen molar-refractivity contribution in [3.05, 3.63) is 0 Å².